The second-order valence-electron chi connectivity index (χ2n) is 8.32. The van der Waals surface area contributed by atoms with Gasteiger partial charge in [-0.15, -0.1) is 0 Å². The molecule has 1 atom stereocenters. The third kappa shape index (κ3) is 4.60. The fourth-order valence-electron chi connectivity index (χ4n) is 4.43. The second kappa shape index (κ2) is 8.96. The average Bonchev–Trinajstić information content (AvgIpc) is 3.12. The number of carbonyl (C=O) groups excluding carboxylic acids is 2. The number of aromatic nitrogens is 2. The largest absolute Gasteiger partial charge is 0.341 e. The van der Waals surface area contributed by atoms with Gasteiger partial charge in [0.05, 0.1) is 11.6 Å². The Morgan fingerprint density at radius 1 is 1.19 bits per heavy atom. The van der Waals surface area contributed by atoms with E-state index in [4.69, 9.17) is 11.6 Å². The molecule has 2 amide bonds. The van der Waals surface area contributed by atoms with Crippen LogP contribution >= 0.6 is 11.6 Å². The van der Waals surface area contributed by atoms with Crippen molar-refractivity contribution in [1.29, 1.82) is 0 Å². The van der Waals surface area contributed by atoms with Gasteiger partial charge in [-0.1, -0.05) is 11.6 Å². The van der Waals surface area contributed by atoms with Gasteiger partial charge in [-0.3, -0.25) is 19.2 Å². The highest BCUT2D eigenvalue weighted by molar-refractivity contribution is 6.30. The molecule has 0 saturated carbocycles. The van der Waals surface area contributed by atoms with E-state index in [0.717, 1.165) is 30.8 Å². The van der Waals surface area contributed by atoms with Crippen LogP contribution in [0.5, 0.6) is 0 Å². The molecule has 166 valence electrons. The molecule has 0 bridgehead atoms. The smallest absolute Gasteiger partial charge is 0.228 e. The molecule has 1 unspecified atom stereocenters. The first-order chi connectivity index (χ1) is 14.8. The maximum atomic E-state index is 13.2. The van der Waals surface area contributed by atoms with Crippen LogP contribution in [0.3, 0.4) is 0 Å². The first-order valence-corrected chi connectivity index (χ1v) is 11.0. The van der Waals surface area contributed by atoms with Crippen LogP contribution in [0, 0.1) is 18.7 Å². The lowest BCUT2D eigenvalue weighted by Gasteiger charge is -2.24. The summed E-state index contributed by atoms with van der Waals surface area (Å²) in [7, 11) is 1.83. The van der Waals surface area contributed by atoms with Crippen molar-refractivity contribution in [2.75, 3.05) is 37.6 Å². The van der Waals surface area contributed by atoms with Gasteiger partial charge in [0.2, 0.25) is 11.8 Å². The van der Waals surface area contributed by atoms with Gasteiger partial charge in [0.25, 0.3) is 0 Å². The van der Waals surface area contributed by atoms with Crippen molar-refractivity contribution in [2.45, 2.75) is 26.3 Å². The molecule has 0 spiro atoms. The van der Waals surface area contributed by atoms with E-state index in [9.17, 15) is 14.0 Å². The number of hydrogen-bond donors (Lipinski definition) is 0. The summed E-state index contributed by atoms with van der Waals surface area (Å²) in [6, 6.07) is 5.82. The zero-order valence-corrected chi connectivity index (χ0v) is 18.6. The number of benzene rings is 1. The van der Waals surface area contributed by atoms with Crippen LogP contribution in [-0.2, 0) is 23.2 Å². The minimum atomic E-state index is -0.362. The van der Waals surface area contributed by atoms with E-state index in [-0.39, 0.29) is 30.0 Å². The molecule has 7 nitrogen and oxygen atoms in total. The molecule has 2 aliphatic rings. The summed E-state index contributed by atoms with van der Waals surface area (Å²) in [6.45, 7) is 5.93. The van der Waals surface area contributed by atoms with Gasteiger partial charge < -0.3 is 9.80 Å². The van der Waals surface area contributed by atoms with E-state index in [1.54, 1.807) is 21.7 Å². The predicted molar refractivity (Wildman–Crippen MR) is 116 cm³/mol. The molecule has 0 radical (unpaired) electrons. The van der Waals surface area contributed by atoms with Crippen LogP contribution in [0.25, 0.3) is 0 Å². The molecule has 1 aromatic heterocycles. The summed E-state index contributed by atoms with van der Waals surface area (Å²) in [5, 5.41) is 5.03. The van der Waals surface area contributed by atoms with Crippen LogP contribution in [0.2, 0.25) is 5.15 Å². The van der Waals surface area contributed by atoms with Crippen molar-refractivity contribution in [1.82, 2.24) is 19.6 Å². The highest BCUT2D eigenvalue weighted by Crippen LogP contribution is 2.27. The first kappa shape index (κ1) is 21.8. The Bertz CT molecular complexity index is 977. The molecule has 31 heavy (non-hydrogen) atoms. The predicted octanol–water partition coefficient (Wildman–Crippen LogP) is 2.61. The van der Waals surface area contributed by atoms with Gasteiger partial charge in [0.15, 0.2) is 0 Å². The standard InChI is InChI=1S/C22H27ClFN5O2/c1-15-19(21(23)26(2)25-15)14-27-8-3-9-28(11-10-27)22(31)16-12-20(30)29(13-16)18-6-4-17(24)5-7-18/h4-7,16H,3,8-14H2,1-2H3. The molecular formula is C22H27ClFN5O2. The molecule has 2 aromatic rings. The van der Waals surface area contributed by atoms with Crippen LogP contribution in [-0.4, -0.2) is 64.1 Å². The summed E-state index contributed by atoms with van der Waals surface area (Å²) in [6.07, 6.45) is 1.06. The van der Waals surface area contributed by atoms with Crippen molar-refractivity contribution in [2.24, 2.45) is 13.0 Å². The zero-order valence-electron chi connectivity index (χ0n) is 17.9. The number of halogens is 2. The molecule has 0 N–H and O–H groups in total. The van der Waals surface area contributed by atoms with Crippen LogP contribution in [0.4, 0.5) is 10.1 Å². The Balaban J connectivity index is 1.36. The molecule has 1 aromatic carbocycles. The van der Waals surface area contributed by atoms with E-state index < -0.39 is 0 Å². The quantitative estimate of drug-likeness (QED) is 0.722. The summed E-state index contributed by atoms with van der Waals surface area (Å²) >= 11 is 6.38. The highest BCUT2D eigenvalue weighted by Gasteiger charge is 2.37. The van der Waals surface area contributed by atoms with E-state index in [2.05, 4.69) is 10.00 Å². The third-order valence-corrected chi connectivity index (χ3v) is 6.64. The monoisotopic (exact) mass is 447 g/mol. The molecule has 0 aliphatic carbocycles. The van der Waals surface area contributed by atoms with E-state index in [0.29, 0.717) is 37.0 Å². The van der Waals surface area contributed by atoms with Gasteiger partial charge in [-0.05, 0) is 37.6 Å². The number of hydrogen-bond acceptors (Lipinski definition) is 4. The number of carbonyl (C=O) groups is 2. The van der Waals surface area contributed by atoms with Crippen molar-refractivity contribution in [3.63, 3.8) is 0 Å². The van der Waals surface area contributed by atoms with Crippen molar-refractivity contribution < 1.29 is 14.0 Å². The third-order valence-electron chi connectivity index (χ3n) is 6.16. The lowest BCUT2D eigenvalue weighted by Crippen LogP contribution is -2.40. The Morgan fingerprint density at radius 3 is 2.61 bits per heavy atom. The highest BCUT2D eigenvalue weighted by atomic mass is 35.5. The fraction of sp³-hybridized carbons (Fsp3) is 0.500. The Morgan fingerprint density at radius 2 is 1.94 bits per heavy atom. The van der Waals surface area contributed by atoms with Crippen LogP contribution in [0.15, 0.2) is 24.3 Å². The topological polar surface area (TPSA) is 61.7 Å². The van der Waals surface area contributed by atoms with E-state index >= 15 is 0 Å². The minimum absolute atomic E-state index is 0.0235. The first-order valence-electron chi connectivity index (χ1n) is 10.6. The molecular weight excluding hydrogens is 421 g/mol. The van der Waals surface area contributed by atoms with Crippen molar-refractivity contribution in [3.8, 4) is 0 Å². The maximum Gasteiger partial charge on any atom is 0.228 e. The number of nitrogens with zero attached hydrogens (tertiary/aromatic N) is 5. The molecule has 2 fully saturated rings. The molecule has 3 heterocycles. The summed E-state index contributed by atoms with van der Waals surface area (Å²) < 4.78 is 14.9. The van der Waals surface area contributed by atoms with Gasteiger partial charge >= 0.3 is 0 Å². The normalized spacial score (nSPS) is 20.4. The summed E-state index contributed by atoms with van der Waals surface area (Å²) in [4.78, 5) is 31.4. The molecule has 9 heteroatoms. The summed E-state index contributed by atoms with van der Waals surface area (Å²) in [5.41, 5.74) is 2.59. The Hall–Kier alpha value is -2.45. The summed E-state index contributed by atoms with van der Waals surface area (Å²) in [5.74, 6) is -0.780. The Labute approximate surface area is 186 Å². The van der Waals surface area contributed by atoms with E-state index in [1.807, 2.05) is 18.9 Å². The van der Waals surface area contributed by atoms with E-state index in [1.165, 1.54) is 12.1 Å². The lowest BCUT2D eigenvalue weighted by molar-refractivity contribution is -0.135. The van der Waals surface area contributed by atoms with Crippen molar-refractivity contribution in [3.05, 3.63) is 46.5 Å². The fourth-order valence-corrected chi connectivity index (χ4v) is 4.66. The number of anilines is 1. The number of amides is 2. The van der Waals surface area contributed by atoms with Crippen molar-refractivity contribution >= 4 is 29.1 Å². The zero-order chi connectivity index (χ0) is 22.1. The van der Waals surface area contributed by atoms with Crippen LogP contribution < -0.4 is 4.90 Å². The maximum absolute atomic E-state index is 13.2. The van der Waals surface area contributed by atoms with Gasteiger partial charge in [0.1, 0.15) is 11.0 Å². The van der Waals surface area contributed by atoms with Gasteiger partial charge in [-0.25, -0.2) is 4.39 Å². The van der Waals surface area contributed by atoms with Gasteiger partial charge in [0, 0.05) is 64.0 Å². The molecule has 2 aliphatic heterocycles. The molecule has 4 rings (SSSR count). The lowest BCUT2D eigenvalue weighted by atomic mass is 10.1. The number of aryl methyl sites for hydroxylation is 2. The van der Waals surface area contributed by atoms with Gasteiger partial charge in [-0.2, -0.15) is 5.10 Å². The minimum Gasteiger partial charge on any atom is -0.341 e. The molecule has 2 saturated heterocycles. The second-order valence-corrected chi connectivity index (χ2v) is 8.67. The number of rotatable bonds is 4. The Kier molecular flexibility index (Phi) is 6.29. The average molecular weight is 448 g/mol. The van der Waals surface area contributed by atoms with Crippen LogP contribution in [0.1, 0.15) is 24.1 Å². The SMILES string of the molecule is Cc1nn(C)c(Cl)c1CN1CCCN(C(=O)C2CC(=O)N(c3ccc(F)cc3)C2)CC1.